The molecule has 0 amide bonds. The monoisotopic (exact) mass is 263 g/mol. The molecular weight excluding hydrogens is 246 g/mol. The third-order valence-electron chi connectivity index (χ3n) is 3.37. The SMILES string of the molecule is COCc1ccc(OC)c(C2(N=C=O)CC2)c1OC. The number of benzene rings is 1. The van der Waals surface area contributed by atoms with E-state index in [9.17, 15) is 4.79 Å². The first kappa shape index (κ1) is 13.6. The lowest BCUT2D eigenvalue weighted by atomic mass is 9.99. The van der Waals surface area contributed by atoms with E-state index in [1.807, 2.05) is 12.1 Å². The predicted octanol–water partition coefficient (Wildman–Crippen LogP) is 2.18. The second-order valence-electron chi connectivity index (χ2n) is 4.50. The van der Waals surface area contributed by atoms with Crippen molar-refractivity contribution in [1.29, 1.82) is 0 Å². The fraction of sp³-hybridized carbons (Fsp3) is 0.500. The summed E-state index contributed by atoms with van der Waals surface area (Å²) in [5, 5.41) is 0. The highest BCUT2D eigenvalue weighted by atomic mass is 16.5. The largest absolute Gasteiger partial charge is 0.496 e. The molecule has 0 atom stereocenters. The Morgan fingerprint density at radius 2 is 2.00 bits per heavy atom. The van der Waals surface area contributed by atoms with E-state index < -0.39 is 5.54 Å². The van der Waals surface area contributed by atoms with Gasteiger partial charge in [-0.05, 0) is 25.0 Å². The van der Waals surface area contributed by atoms with Gasteiger partial charge in [-0.25, -0.2) is 4.79 Å². The Bertz CT molecular complexity index is 516. The van der Waals surface area contributed by atoms with E-state index >= 15 is 0 Å². The smallest absolute Gasteiger partial charge is 0.235 e. The standard InChI is InChI=1S/C14H17NO4/c1-17-8-10-4-5-11(18-2)12(13(10)19-3)14(6-7-14)15-9-16/h4-5H,6-8H2,1-3H3. The molecule has 2 rings (SSSR count). The van der Waals surface area contributed by atoms with E-state index in [1.54, 1.807) is 27.4 Å². The molecule has 19 heavy (non-hydrogen) atoms. The highest BCUT2D eigenvalue weighted by Crippen LogP contribution is 2.56. The molecule has 0 saturated heterocycles. The second-order valence-corrected chi connectivity index (χ2v) is 4.50. The zero-order valence-electron chi connectivity index (χ0n) is 11.4. The molecule has 0 radical (unpaired) electrons. The highest BCUT2D eigenvalue weighted by molar-refractivity contribution is 5.57. The van der Waals surface area contributed by atoms with E-state index in [0.29, 0.717) is 18.1 Å². The van der Waals surface area contributed by atoms with Gasteiger partial charge in [0.15, 0.2) is 0 Å². The van der Waals surface area contributed by atoms with E-state index in [1.165, 1.54) is 0 Å². The molecule has 1 saturated carbocycles. The van der Waals surface area contributed by atoms with Crippen LogP contribution < -0.4 is 9.47 Å². The summed E-state index contributed by atoms with van der Waals surface area (Å²) < 4.78 is 16.0. The van der Waals surface area contributed by atoms with Crippen LogP contribution in [-0.2, 0) is 21.7 Å². The van der Waals surface area contributed by atoms with Crippen LogP contribution in [0.4, 0.5) is 0 Å². The molecule has 0 bridgehead atoms. The van der Waals surface area contributed by atoms with Crippen molar-refractivity contribution < 1.29 is 19.0 Å². The number of methoxy groups -OCH3 is 3. The summed E-state index contributed by atoms with van der Waals surface area (Å²) in [6, 6.07) is 3.75. The lowest BCUT2D eigenvalue weighted by Gasteiger charge is -2.20. The molecule has 0 aliphatic heterocycles. The van der Waals surface area contributed by atoms with Crippen LogP contribution in [0.5, 0.6) is 11.5 Å². The van der Waals surface area contributed by atoms with Crippen molar-refractivity contribution >= 4 is 6.08 Å². The number of nitrogens with zero attached hydrogens (tertiary/aromatic N) is 1. The van der Waals surface area contributed by atoms with Gasteiger partial charge < -0.3 is 14.2 Å². The molecule has 0 aromatic heterocycles. The van der Waals surface area contributed by atoms with Gasteiger partial charge in [0.2, 0.25) is 6.08 Å². The first-order valence-electron chi connectivity index (χ1n) is 6.04. The third kappa shape index (κ3) is 2.35. The van der Waals surface area contributed by atoms with Gasteiger partial charge in [0, 0.05) is 12.7 Å². The van der Waals surface area contributed by atoms with Crippen molar-refractivity contribution in [3.63, 3.8) is 0 Å². The van der Waals surface area contributed by atoms with Gasteiger partial charge in [-0.3, -0.25) is 0 Å². The molecule has 0 N–H and O–H groups in total. The molecule has 0 heterocycles. The maximum absolute atomic E-state index is 10.6. The van der Waals surface area contributed by atoms with Crippen LogP contribution in [0.1, 0.15) is 24.0 Å². The number of hydrogen-bond acceptors (Lipinski definition) is 5. The number of hydrogen-bond donors (Lipinski definition) is 0. The van der Waals surface area contributed by atoms with Crippen LogP contribution in [0, 0.1) is 0 Å². The molecular formula is C14H17NO4. The Morgan fingerprint density at radius 1 is 1.26 bits per heavy atom. The Hall–Kier alpha value is -1.84. The summed E-state index contributed by atoms with van der Waals surface area (Å²) in [7, 11) is 4.81. The van der Waals surface area contributed by atoms with Crippen molar-refractivity contribution in [2.24, 2.45) is 4.99 Å². The zero-order valence-corrected chi connectivity index (χ0v) is 11.4. The van der Waals surface area contributed by atoms with Gasteiger partial charge in [-0.15, -0.1) is 0 Å². The Balaban J connectivity index is 2.61. The fourth-order valence-electron chi connectivity index (χ4n) is 2.34. The van der Waals surface area contributed by atoms with Gasteiger partial charge in [0.05, 0.1) is 26.4 Å². The summed E-state index contributed by atoms with van der Waals surface area (Å²) >= 11 is 0. The molecule has 5 heteroatoms. The van der Waals surface area contributed by atoms with Crippen LogP contribution in [0.2, 0.25) is 0 Å². The molecule has 102 valence electrons. The zero-order chi connectivity index (χ0) is 13.9. The van der Waals surface area contributed by atoms with Crippen molar-refractivity contribution in [2.45, 2.75) is 25.0 Å². The number of aliphatic imine (C=N–C) groups is 1. The van der Waals surface area contributed by atoms with Crippen molar-refractivity contribution in [3.05, 3.63) is 23.3 Å². The van der Waals surface area contributed by atoms with Gasteiger partial charge in [0.25, 0.3) is 0 Å². The summed E-state index contributed by atoms with van der Waals surface area (Å²) in [6.45, 7) is 0.432. The summed E-state index contributed by atoms with van der Waals surface area (Å²) in [4.78, 5) is 14.6. The minimum Gasteiger partial charge on any atom is -0.496 e. The number of ether oxygens (including phenoxy) is 3. The average molecular weight is 263 g/mol. The second kappa shape index (κ2) is 5.43. The summed E-state index contributed by atoms with van der Waals surface area (Å²) in [5.74, 6) is 1.35. The van der Waals surface area contributed by atoms with Gasteiger partial charge in [0.1, 0.15) is 17.0 Å². The molecule has 1 fully saturated rings. The first-order valence-corrected chi connectivity index (χ1v) is 6.04. The van der Waals surface area contributed by atoms with Crippen LogP contribution in [0.15, 0.2) is 17.1 Å². The quantitative estimate of drug-likeness (QED) is 0.583. The lowest BCUT2D eigenvalue weighted by molar-refractivity contribution is 0.181. The van der Waals surface area contributed by atoms with Crippen LogP contribution in [0.3, 0.4) is 0 Å². The average Bonchev–Trinajstić information content (AvgIpc) is 3.19. The molecule has 1 aromatic carbocycles. The van der Waals surface area contributed by atoms with Gasteiger partial charge >= 0.3 is 0 Å². The summed E-state index contributed by atoms with van der Waals surface area (Å²) in [5.41, 5.74) is 1.19. The predicted molar refractivity (Wildman–Crippen MR) is 69.3 cm³/mol. The topological polar surface area (TPSA) is 57.1 Å². The van der Waals surface area contributed by atoms with Gasteiger partial charge in [-0.2, -0.15) is 4.99 Å². The van der Waals surface area contributed by atoms with E-state index in [-0.39, 0.29) is 0 Å². The number of carbonyl (C=O) groups excluding carboxylic acids is 1. The Kier molecular flexibility index (Phi) is 3.88. The molecule has 1 aromatic rings. The van der Waals surface area contributed by atoms with Crippen molar-refractivity contribution in [2.75, 3.05) is 21.3 Å². The number of isocyanates is 1. The van der Waals surface area contributed by atoms with Crippen molar-refractivity contribution in [1.82, 2.24) is 0 Å². The third-order valence-corrected chi connectivity index (χ3v) is 3.37. The Labute approximate surface area is 112 Å². The highest BCUT2D eigenvalue weighted by Gasteiger charge is 2.49. The maximum Gasteiger partial charge on any atom is 0.235 e. The molecule has 1 aliphatic carbocycles. The molecule has 5 nitrogen and oxygen atoms in total. The van der Waals surface area contributed by atoms with E-state index in [4.69, 9.17) is 14.2 Å². The Morgan fingerprint density at radius 3 is 2.47 bits per heavy atom. The molecule has 1 aliphatic rings. The summed E-state index contributed by atoms with van der Waals surface area (Å²) in [6.07, 6.45) is 3.25. The van der Waals surface area contributed by atoms with E-state index in [2.05, 4.69) is 4.99 Å². The van der Waals surface area contributed by atoms with Gasteiger partial charge in [-0.1, -0.05) is 0 Å². The molecule has 0 spiro atoms. The molecule has 0 unspecified atom stereocenters. The maximum atomic E-state index is 10.6. The fourth-order valence-corrected chi connectivity index (χ4v) is 2.34. The first-order chi connectivity index (χ1) is 9.22. The minimum absolute atomic E-state index is 0.432. The normalized spacial score (nSPS) is 15.5. The number of rotatable bonds is 6. The minimum atomic E-state index is -0.539. The van der Waals surface area contributed by atoms with Crippen LogP contribution in [-0.4, -0.2) is 27.4 Å². The van der Waals surface area contributed by atoms with Crippen molar-refractivity contribution in [3.8, 4) is 11.5 Å². The van der Waals surface area contributed by atoms with E-state index in [0.717, 1.165) is 24.0 Å². The van der Waals surface area contributed by atoms with Crippen LogP contribution >= 0.6 is 0 Å². The van der Waals surface area contributed by atoms with Crippen LogP contribution in [0.25, 0.3) is 0 Å². The lowest BCUT2D eigenvalue weighted by Crippen LogP contribution is -2.10.